The van der Waals surface area contributed by atoms with Crippen LogP contribution in [0, 0.1) is 0 Å². The first-order valence-electron chi connectivity index (χ1n) is 4.85. The Morgan fingerprint density at radius 3 is 2.60 bits per heavy atom. The predicted octanol–water partition coefficient (Wildman–Crippen LogP) is 1.76. The van der Waals surface area contributed by atoms with Gasteiger partial charge in [0, 0.05) is 38.7 Å². The molecule has 0 aromatic carbocycles. The Bertz CT molecular complexity index is 316. The maximum Gasteiger partial charge on any atom is 0.226 e. The van der Waals surface area contributed by atoms with Crippen molar-refractivity contribution in [1.82, 2.24) is 9.97 Å². The van der Waals surface area contributed by atoms with Crippen molar-refractivity contribution in [3.05, 3.63) is 12.3 Å². The Labute approximate surface area is 99.4 Å². The Morgan fingerprint density at radius 2 is 2.07 bits per heavy atom. The molecule has 1 aromatic heterocycles. The summed E-state index contributed by atoms with van der Waals surface area (Å²) in [6.45, 7) is 2.15. The number of hydrogen-bond acceptors (Lipinski definition) is 4. The van der Waals surface area contributed by atoms with Crippen LogP contribution in [0.5, 0.6) is 0 Å². The van der Waals surface area contributed by atoms with Crippen LogP contribution in [0.2, 0.25) is 0 Å². The lowest BCUT2D eigenvalue weighted by molar-refractivity contribution is 0.754. The molecule has 1 aromatic rings. The third kappa shape index (κ3) is 3.06. The van der Waals surface area contributed by atoms with Crippen LogP contribution in [0.25, 0.3) is 0 Å². The van der Waals surface area contributed by atoms with E-state index in [2.05, 4.69) is 37.7 Å². The van der Waals surface area contributed by atoms with Crippen molar-refractivity contribution in [2.45, 2.75) is 13.0 Å². The van der Waals surface area contributed by atoms with Gasteiger partial charge >= 0.3 is 0 Å². The zero-order valence-electron chi connectivity index (χ0n) is 9.61. The summed E-state index contributed by atoms with van der Waals surface area (Å²) >= 11 is 3.46. The summed E-state index contributed by atoms with van der Waals surface area (Å²) in [5, 5.41) is 0.921. The number of nitrogens with zero attached hydrogens (tertiary/aromatic N) is 4. The maximum absolute atomic E-state index is 4.46. The van der Waals surface area contributed by atoms with E-state index in [4.69, 9.17) is 0 Å². The van der Waals surface area contributed by atoms with Gasteiger partial charge in [0.05, 0.1) is 0 Å². The van der Waals surface area contributed by atoms with Crippen LogP contribution in [0.4, 0.5) is 11.8 Å². The molecule has 0 amide bonds. The van der Waals surface area contributed by atoms with Gasteiger partial charge in [0.25, 0.3) is 0 Å². The molecule has 0 radical (unpaired) electrons. The summed E-state index contributed by atoms with van der Waals surface area (Å²) in [6.07, 6.45) is 1.79. The second kappa shape index (κ2) is 5.30. The molecule has 4 nitrogen and oxygen atoms in total. The summed E-state index contributed by atoms with van der Waals surface area (Å²) in [6, 6.07) is 2.33. The van der Waals surface area contributed by atoms with Crippen molar-refractivity contribution in [2.24, 2.45) is 0 Å². The van der Waals surface area contributed by atoms with E-state index in [0.717, 1.165) is 17.1 Å². The normalized spacial score (nSPS) is 12.3. The SMILES string of the molecule is CC(CBr)N(C)c1ccnc(N(C)C)n1. The van der Waals surface area contributed by atoms with E-state index in [9.17, 15) is 0 Å². The highest BCUT2D eigenvalue weighted by molar-refractivity contribution is 9.09. The van der Waals surface area contributed by atoms with Crippen LogP contribution >= 0.6 is 15.9 Å². The molecule has 1 unspecified atom stereocenters. The Kier molecular flexibility index (Phi) is 4.32. The zero-order valence-corrected chi connectivity index (χ0v) is 11.2. The minimum absolute atomic E-state index is 0.412. The highest BCUT2D eigenvalue weighted by Gasteiger charge is 2.10. The molecule has 0 saturated carbocycles. The van der Waals surface area contributed by atoms with E-state index in [1.54, 1.807) is 6.20 Å². The molecule has 0 spiro atoms. The van der Waals surface area contributed by atoms with E-state index in [0.29, 0.717) is 6.04 Å². The molecule has 0 aliphatic rings. The van der Waals surface area contributed by atoms with Crippen molar-refractivity contribution < 1.29 is 0 Å². The third-order valence-corrected chi connectivity index (χ3v) is 3.21. The number of aromatic nitrogens is 2. The van der Waals surface area contributed by atoms with Crippen molar-refractivity contribution >= 4 is 27.7 Å². The molecule has 0 fully saturated rings. The monoisotopic (exact) mass is 272 g/mol. The Hall–Kier alpha value is -0.840. The first-order chi connectivity index (χ1) is 7.06. The van der Waals surface area contributed by atoms with E-state index in [1.807, 2.05) is 32.1 Å². The lowest BCUT2D eigenvalue weighted by Crippen LogP contribution is -2.31. The third-order valence-electron chi connectivity index (χ3n) is 2.27. The maximum atomic E-state index is 4.46. The van der Waals surface area contributed by atoms with Gasteiger partial charge in [-0.15, -0.1) is 0 Å². The molecule has 0 aliphatic carbocycles. The highest BCUT2D eigenvalue weighted by atomic mass is 79.9. The molecule has 1 atom stereocenters. The average molecular weight is 273 g/mol. The zero-order chi connectivity index (χ0) is 11.4. The molecule has 15 heavy (non-hydrogen) atoms. The van der Waals surface area contributed by atoms with E-state index in [1.165, 1.54) is 0 Å². The van der Waals surface area contributed by atoms with Gasteiger partial charge in [-0.2, -0.15) is 4.98 Å². The van der Waals surface area contributed by atoms with E-state index >= 15 is 0 Å². The molecule has 0 saturated heterocycles. The summed E-state index contributed by atoms with van der Waals surface area (Å²) in [5.74, 6) is 1.68. The van der Waals surface area contributed by atoms with E-state index < -0.39 is 0 Å². The van der Waals surface area contributed by atoms with Gasteiger partial charge in [-0.1, -0.05) is 15.9 Å². The second-order valence-electron chi connectivity index (χ2n) is 3.72. The fourth-order valence-electron chi connectivity index (χ4n) is 1.08. The molecular weight excluding hydrogens is 256 g/mol. The lowest BCUT2D eigenvalue weighted by atomic mass is 10.3. The number of rotatable bonds is 4. The van der Waals surface area contributed by atoms with Gasteiger partial charge < -0.3 is 9.80 Å². The number of anilines is 2. The molecule has 5 heteroatoms. The molecule has 84 valence electrons. The number of halogens is 1. The van der Waals surface area contributed by atoms with Crippen molar-refractivity contribution in [1.29, 1.82) is 0 Å². The van der Waals surface area contributed by atoms with Gasteiger partial charge in [0.15, 0.2) is 0 Å². The van der Waals surface area contributed by atoms with Crippen LogP contribution in [0.3, 0.4) is 0 Å². The smallest absolute Gasteiger partial charge is 0.226 e. The van der Waals surface area contributed by atoms with Crippen LogP contribution < -0.4 is 9.80 Å². The minimum atomic E-state index is 0.412. The van der Waals surface area contributed by atoms with Crippen molar-refractivity contribution in [3.63, 3.8) is 0 Å². The molecule has 1 rings (SSSR count). The van der Waals surface area contributed by atoms with Gasteiger partial charge in [0.1, 0.15) is 5.82 Å². The summed E-state index contributed by atoms with van der Waals surface area (Å²) in [5.41, 5.74) is 0. The fourth-order valence-corrected chi connectivity index (χ4v) is 1.51. The molecule has 1 heterocycles. The fraction of sp³-hybridized carbons (Fsp3) is 0.600. The standard InChI is InChI=1S/C10H17BrN4/c1-8(7-11)15(4)9-5-6-12-10(13-9)14(2)3/h5-6,8H,7H2,1-4H3. The van der Waals surface area contributed by atoms with Crippen LogP contribution in [-0.4, -0.2) is 42.5 Å². The average Bonchev–Trinajstić information content (AvgIpc) is 2.27. The largest absolute Gasteiger partial charge is 0.356 e. The van der Waals surface area contributed by atoms with Crippen molar-refractivity contribution in [2.75, 3.05) is 36.3 Å². The van der Waals surface area contributed by atoms with Gasteiger partial charge in [-0.3, -0.25) is 0 Å². The summed E-state index contributed by atoms with van der Waals surface area (Å²) in [7, 11) is 5.91. The van der Waals surface area contributed by atoms with Gasteiger partial charge in [-0.05, 0) is 13.0 Å². The second-order valence-corrected chi connectivity index (χ2v) is 4.37. The number of hydrogen-bond donors (Lipinski definition) is 0. The first kappa shape index (κ1) is 12.2. The van der Waals surface area contributed by atoms with E-state index in [-0.39, 0.29) is 0 Å². The van der Waals surface area contributed by atoms with Crippen molar-refractivity contribution in [3.8, 4) is 0 Å². The molecule has 0 bridgehead atoms. The Balaban J connectivity index is 2.90. The molecular formula is C10H17BrN4. The van der Waals surface area contributed by atoms with Crippen LogP contribution in [0.1, 0.15) is 6.92 Å². The first-order valence-corrected chi connectivity index (χ1v) is 5.97. The minimum Gasteiger partial charge on any atom is -0.356 e. The summed E-state index contributed by atoms with van der Waals surface area (Å²) < 4.78 is 0. The van der Waals surface area contributed by atoms with Gasteiger partial charge in [-0.25, -0.2) is 4.98 Å². The van der Waals surface area contributed by atoms with Crippen LogP contribution in [0.15, 0.2) is 12.3 Å². The van der Waals surface area contributed by atoms with Crippen LogP contribution in [-0.2, 0) is 0 Å². The molecule has 0 aliphatic heterocycles. The predicted molar refractivity (Wildman–Crippen MR) is 68.0 cm³/mol. The topological polar surface area (TPSA) is 32.3 Å². The lowest BCUT2D eigenvalue weighted by Gasteiger charge is -2.24. The highest BCUT2D eigenvalue weighted by Crippen LogP contribution is 2.15. The molecule has 0 N–H and O–H groups in total. The quantitative estimate of drug-likeness (QED) is 0.782. The number of alkyl halides is 1. The summed E-state index contributed by atoms with van der Waals surface area (Å²) in [4.78, 5) is 12.7. The Morgan fingerprint density at radius 1 is 1.40 bits per heavy atom. The van der Waals surface area contributed by atoms with Gasteiger partial charge in [0.2, 0.25) is 5.95 Å².